The second-order valence-electron chi connectivity index (χ2n) is 6.78. The number of para-hydroxylation sites is 1. The predicted octanol–water partition coefficient (Wildman–Crippen LogP) is 3.28. The molecular formula is C18H30N2O. The zero-order valence-electron chi connectivity index (χ0n) is 13.9. The first-order chi connectivity index (χ1) is 10.0. The average Bonchev–Trinajstić information content (AvgIpc) is 2.47. The molecule has 0 amide bonds. The van der Waals surface area contributed by atoms with E-state index in [0.717, 1.165) is 30.6 Å². The van der Waals surface area contributed by atoms with Gasteiger partial charge in [-0.25, -0.2) is 0 Å². The number of benzene rings is 1. The van der Waals surface area contributed by atoms with Crippen molar-refractivity contribution in [2.45, 2.75) is 51.7 Å². The molecule has 3 heteroatoms. The van der Waals surface area contributed by atoms with Crippen LogP contribution in [0.4, 0.5) is 0 Å². The van der Waals surface area contributed by atoms with E-state index in [1.807, 2.05) is 12.1 Å². The largest absolute Gasteiger partial charge is 0.496 e. The van der Waals surface area contributed by atoms with Crippen LogP contribution < -0.4 is 10.5 Å². The lowest BCUT2D eigenvalue weighted by molar-refractivity contribution is 0.112. The van der Waals surface area contributed by atoms with E-state index in [-0.39, 0.29) is 0 Å². The molecule has 1 saturated carbocycles. The highest BCUT2D eigenvalue weighted by Crippen LogP contribution is 2.32. The summed E-state index contributed by atoms with van der Waals surface area (Å²) < 4.78 is 5.46. The second kappa shape index (κ2) is 7.28. The van der Waals surface area contributed by atoms with Crippen molar-refractivity contribution in [2.24, 2.45) is 17.6 Å². The third-order valence-corrected chi connectivity index (χ3v) is 5.03. The third-order valence-electron chi connectivity index (χ3n) is 5.03. The van der Waals surface area contributed by atoms with E-state index in [9.17, 15) is 0 Å². The number of ether oxygens (including phenoxy) is 1. The monoisotopic (exact) mass is 290 g/mol. The number of hydrogen-bond donors (Lipinski definition) is 1. The van der Waals surface area contributed by atoms with Gasteiger partial charge in [-0.2, -0.15) is 0 Å². The summed E-state index contributed by atoms with van der Waals surface area (Å²) in [5.41, 5.74) is 7.63. The van der Waals surface area contributed by atoms with Crippen LogP contribution in [0.3, 0.4) is 0 Å². The number of hydrogen-bond acceptors (Lipinski definition) is 3. The standard InChI is InChI=1S/C18H30N2O/c1-13(2)14-9-10-16(19)17(11-14)20(3)12-15-7-5-6-8-18(15)21-4/h5-8,13-14,16-17H,9-12,19H2,1-4H3. The van der Waals surface area contributed by atoms with E-state index in [4.69, 9.17) is 10.5 Å². The van der Waals surface area contributed by atoms with Crippen LogP contribution in [-0.2, 0) is 6.54 Å². The molecule has 0 aliphatic heterocycles. The summed E-state index contributed by atoms with van der Waals surface area (Å²) in [6.07, 6.45) is 3.63. The van der Waals surface area contributed by atoms with Crippen LogP contribution in [0.15, 0.2) is 24.3 Å². The molecule has 0 saturated heterocycles. The molecule has 1 aliphatic carbocycles. The minimum Gasteiger partial charge on any atom is -0.496 e. The zero-order chi connectivity index (χ0) is 15.4. The topological polar surface area (TPSA) is 38.5 Å². The molecule has 0 spiro atoms. The minimum atomic E-state index is 0.291. The van der Waals surface area contributed by atoms with Gasteiger partial charge in [0.1, 0.15) is 5.75 Å². The van der Waals surface area contributed by atoms with Gasteiger partial charge in [0.05, 0.1) is 7.11 Å². The fourth-order valence-electron chi connectivity index (χ4n) is 3.53. The van der Waals surface area contributed by atoms with Gasteiger partial charge in [0, 0.05) is 24.2 Å². The lowest BCUT2D eigenvalue weighted by Crippen LogP contribution is -2.50. The Kier molecular flexibility index (Phi) is 5.65. The Morgan fingerprint density at radius 3 is 2.67 bits per heavy atom. The predicted molar refractivity (Wildman–Crippen MR) is 88.4 cm³/mol. The zero-order valence-corrected chi connectivity index (χ0v) is 13.9. The van der Waals surface area contributed by atoms with E-state index >= 15 is 0 Å². The molecule has 1 aromatic rings. The molecule has 118 valence electrons. The van der Waals surface area contributed by atoms with Crippen molar-refractivity contribution in [2.75, 3.05) is 14.2 Å². The smallest absolute Gasteiger partial charge is 0.123 e. The van der Waals surface area contributed by atoms with Crippen molar-refractivity contribution >= 4 is 0 Å². The molecule has 3 unspecified atom stereocenters. The van der Waals surface area contributed by atoms with Crippen LogP contribution in [0.25, 0.3) is 0 Å². The molecule has 3 nitrogen and oxygen atoms in total. The Morgan fingerprint density at radius 2 is 2.00 bits per heavy atom. The number of methoxy groups -OCH3 is 1. The van der Waals surface area contributed by atoms with Crippen molar-refractivity contribution in [3.8, 4) is 5.75 Å². The fourth-order valence-corrected chi connectivity index (χ4v) is 3.53. The molecule has 0 aromatic heterocycles. The average molecular weight is 290 g/mol. The summed E-state index contributed by atoms with van der Waals surface area (Å²) in [4.78, 5) is 2.41. The van der Waals surface area contributed by atoms with Crippen LogP contribution in [0.5, 0.6) is 5.75 Å². The summed E-state index contributed by atoms with van der Waals surface area (Å²) in [5, 5.41) is 0. The summed E-state index contributed by atoms with van der Waals surface area (Å²) in [5.74, 6) is 2.52. The van der Waals surface area contributed by atoms with E-state index in [1.54, 1.807) is 7.11 Å². The highest BCUT2D eigenvalue weighted by Gasteiger charge is 2.32. The van der Waals surface area contributed by atoms with Gasteiger partial charge >= 0.3 is 0 Å². The van der Waals surface area contributed by atoms with Crippen molar-refractivity contribution < 1.29 is 4.74 Å². The van der Waals surface area contributed by atoms with Gasteiger partial charge < -0.3 is 10.5 Å². The molecule has 2 rings (SSSR count). The summed E-state index contributed by atoms with van der Waals surface area (Å²) in [6.45, 7) is 5.56. The molecule has 0 bridgehead atoms. The Bertz CT molecular complexity index is 447. The highest BCUT2D eigenvalue weighted by molar-refractivity contribution is 5.33. The van der Waals surface area contributed by atoms with Crippen molar-refractivity contribution in [1.29, 1.82) is 0 Å². The molecule has 0 radical (unpaired) electrons. The first-order valence-corrected chi connectivity index (χ1v) is 8.10. The minimum absolute atomic E-state index is 0.291. The number of likely N-dealkylation sites (N-methyl/N-ethyl adjacent to an activating group) is 1. The molecule has 21 heavy (non-hydrogen) atoms. The quantitative estimate of drug-likeness (QED) is 0.904. The van der Waals surface area contributed by atoms with Gasteiger partial charge in [0.15, 0.2) is 0 Å². The highest BCUT2D eigenvalue weighted by atomic mass is 16.5. The Morgan fingerprint density at radius 1 is 1.29 bits per heavy atom. The molecule has 3 atom stereocenters. The third kappa shape index (κ3) is 3.98. The van der Waals surface area contributed by atoms with Crippen LogP contribution in [0.1, 0.15) is 38.7 Å². The molecule has 2 N–H and O–H groups in total. The SMILES string of the molecule is COc1ccccc1CN(C)C1CC(C(C)C)CCC1N. The fraction of sp³-hybridized carbons (Fsp3) is 0.667. The molecule has 1 fully saturated rings. The normalized spacial score (nSPS) is 26.3. The maximum atomic E-state index is 6.39. The molecule has 1 aromatic carbocycles. The molecule has 1 aliphatic rings. The van der Waals surface area contributed by atoms with E-state index in [0.29, 0.717) is 12.1 Å². The van der Waals surface area contributed by atoms with Gasteiger partial charge in [-0.3, -0.25) is 4.90 Å². The van der Waals surface area contributed by atoms with Crippen LogP contribution in [0, 0.1) is 11.8 Å². The van der Waals surface area contributed by atoms with Gasteiger partial charge in [0.2, 0.25) is 0 Å². The Balaban J connectivity index is 2.05. The van der Waals surface area contributed by atoms with Crippen molar-refractivity contribution in [3.63, 3.8) is 0 Å². The van der Waals surface area contributed by atoms with Crippen LogP contribution in [0.2, 0.25) is 0 Å². The maximum Gasteiger partial charge on any atom is 0.123 e. The maximum absolute atomic E-state index is 6.39. The van der Waals surface area contributed by atoms with Gasteiger partial charge in [0.25, 0.3) is 0 Å². The summed E-state index contributed by atoms with van der Waals surface area (Å²) in [7, 11) is 3.93. The van der Waals surface area contributed by atoms with E-state index < -0.39 is 0 Å². The number of nitrogens with two attached hydrogens (primary N) is 1. The molecule has 0 heterocycles. The lowest BCUT2D eigenvalue weighted by Gasteiger charge is -2.41. The summed E-state index contributed by atoms with van der Waals surface area (Å²) in [6, 6.07) is 9.02. The number of nitrogens with zero attached hydrogens (tertiary/aromatic N) is 1. The van der Waals surface area contributed by atoms with Crippen LogP contribution in [-0.4, -0.2) is 31.1 Å². The van der Waals surface area contributed by atoms with Crippen molar-refractivity contribution in [1.82, 2.24) is 4.90 Å². The van der Waals surface area contributed by atoms with Crippen LogP contribution >= 0.6 is 0 Å². The van der Waals surface area contributed by atoms with E-state index in [2.05, 4.69) is 37.9 Å². The second-order valence-corrected chi connectivity index (χ2v) is 6.78. The van der Waals surface area contributed by atoms with Crippen molar-refractivity contribution in [3.05, 3.63) is 29.8 Å². The summed E-state index contributed by atoms with van der Waals surface area (Å²) >= 11 is 0. The van der Waals surface area contributed by atoms with Gasteiger partial charge in [-0.1, -0.05) is 32.0 Å². The first kappa shape index (κ1) is 16.3. The van der Waals surface area contributed by atoms with Gasteiger partial charge in [-0.05, 0) is 44.2 Å². The first-order valence-electron chi connectivity index (χ1n) is 8.10. The molecular weight excluding hydrogens is 260 g/mol. The lowest BCUT2D eigenvalue weighted by atomic mass is 9.76. The Labute approximate surface area is 129 Å². The van der Waals surface area contributed by atoms with E-state index in [1.165, 1.54) is 18.4 Å². The van der Waals surface area contributed by atoms with Gasteiger partial charge in [-0.15, -0.1) is 0 Å². The number of rotatable bonds is 5. The Hall–Kier alpha value is -1.06.